The average Bonchev–Trinajstić information content (AvgIpc) is 2.12. The number of hydrogen-bond donors (Lipinski definition) is 3. The van der Waals surface area contributed by atoms with E-state index in [0.717, 1.165) is 6.07 Å². The molecular weight excluding hydrogens is 209 g/mol. The lowest BCUT2D eigenvalue weighted by Crippen LogP contribution is -2.24. The van der Waals surface area contributed by atoms with E-state index in [0.29, 0.717) is 0 Å². The second kappa shape index (κ2) is 4.13. The molecule has 1 rings (SSSR count). The Morgan fingerprint density at radius 2 is 2.07 bits per heavy atom. The van der Waals surface area contributed by atoms with Crippen molar-refractivity contribution < 1.29 is 14.6 Å². The van der Waals surface area contributed by atoms with E-state index in [1.54, 1.807) is 6.92 Å². The van der Waals surface area contributed by atoms with E-state index >= 15 is 0 Å². The summed E-state index contributed by atoms with van der Waals surface area (Å²) < 4.78 is 13.0. The zero-order chi connectivity index (χ0) is 10.9. The Kier molecular flexibility index (Phi) is 3.31. The maximum atomic E-state index is 13.0. The molecule has 0 saturated heterocycles. The highest BCUT2D eigenvalue weighted by Gasteiger charge is 2.16. The minimum atomic E-state index is -1.02. The van der Waals surface area contributed by atoms with Crippen LogP contribution in [0.5, 0.6) is 5.75 Å². The number of hydrogen-bond acceptors (Lipinski definition) is 3. The molecule has 4 N–H and O–H groups in total. The molecule has 1 aromatic carbocycles. The first-order valence-electron chi connectivity index (χ1n) is 4.05. The monoisotopic (exact) mass is 219 g/mol. The van der Waals surface area contributed by atoms with Crippen LogP contribution < -0.4 is 5.73 Å². The highest BCUT2D eigenvalue weighted by Crippen LogP contribution is 2.30. The Hall–Kier alpha value is -0.840. The van der Waals surface area contributed by atoms with E-state index in [9.17, 15) is 14.6 Å². The summed E-state index contributed by atoms with van der Waals surface area (Å²) >= 11 is 5.40. The third kappa shape index (κ3) is 2.15. The van der Waals surface area contributed by atoms with Gasteiger partial charge in [0, 0.05) is 6.04 Å². The van der Waals surface area contributed by atoms with Crippen molar-refractivity contribution >= 4 is 11.6 Å². The van der Waals surface area contributed by atoms with Crippen molar-refractivity contribution in [3.05, 3.63) is 28.5 Å². The van der Waals surface area contributed by atoms with Crippen LogP contribution in [0.15, 0.2) is 12.1 Å². The number of aromatic hydroxyl groups is 1. The Labute approximate surface area is 85.9 Å². The fourth-order valence-corrected chi connectivity index (χ4v) is 1.18. The lowest BCUT2D eigenvalue weighted by atomic mass is 10.0. The normalized spacial score (nSPS) is 15.2. The van der Waals surface area contributed by atoms with Gasteiger partial charge in [-0.3, -0.25) is 0 Å². The van der Waals surface area contributed by atoms with Gasteiger partial charge in [0.2, 0.25) is 0 Å². The molecule has 0 aliphatic heterocycles. The standard InChI is InChI=1S/C9H11ClFNO2/c1-4(12)9(14)5-2-6(11)8(10)7(13)3-5/h2-4,9,13-14H,12H2,1H3. The molecule has 0 amide bonds. The zero-order valence-electron chi connectivity index (χ0n) is 7.54. The first-order valence-corrected chi connectivity index (χ1v) is 4.43. The molecule has 0 aromatic heterocycles. The number of nitrogens with two attached hydrogens (primary N) is 1. The average molecular weight is 220 g/mol. The van der Waals surface area contributed by atoms with Crippen LogP contribution in [-0.4, -0.2) is 16.3 Å². The molecule has 3 nitrogen and oxygen atoms in total. The summed E-state index contributed by atoms with van der Waals surface area (Å²) in [6.07, 6.45) is -1.02. The molecule has 2 unspecified atom stereocenters. The summed E-state index contributed by atoms with van der Waals surface area (Å²) in [5.41, 5.74) is 5.63. The van der Waals surface area contributed by atoms with Crippen molar-refractivity contribution in [2.45, 2.75) is 19.1 Å². The van der Waals surface area contributed by atoms with Crippen LogP contribution in [0.3, 0.4) is 0 Å². The van der Waals surface area contributed by atoms with E-state index in [4.69, 9.17) is 17.3 Å². The largest absolute Gasteiger partial charge is 0.506 e. The molecule has 2 atom stereocenters. The predicted molar refractivity (Wildman–Crippen MR) is 51.7 cm³/mol. The van der Waals surface area contributed by atoms with Gasteiger partial charge in [-0.05, 0) is 24.6 Å². The minimum Gasteiger partial charge on any atom is -0.506 e. The number of rotatable bonds is 2. The summed E-state index contributed by atoms with van der Waals surface area (Å²) in [5, 5.41) is 18.3. The van der Waals surface area contributed by atoms with Crippen LogP contribution in [0.25, 0.3) is 0 Å². The maximum absolute atomic E-state index is 13.0. The van der Waals surface area contributed by atoms with Crippen molar-refractivity contribution in [2.24, 2.45) is 5.73 Å². The van der Waals surface area contributed by atoms with Gasteiger partial charge in [0.25, 0.3) is 0 Å². The quantitative estimate of drug-likeness (QED) is 0.707. The third-order valence-electron chi connectivity index (χ3n) is 1.87. The molecule has 0 spiro atoms. The molecule has 0 heterocycles. The van der Waals surface area contributed by atoms with Crippen LogP contribution in [0.1, 0.15) is 18.6 Å². The van der Waals surface area contributed by atoms with Crippen molar-refractivity contribution in [3.63, 3.8) is 0 Å². The van der Waals surface area contributed by atoms with E-state index in [-0.39, 0.29) is 10.6 Å². The van der Waals surface area contributed by atoms with Crippen molar-refractivity contribution in [1.29, 1.82) is 0 Å². The Balaban J connectivity index is 3.12. The van der Waals surface area contributed by atoms with Gasteiger partial charge in [-0.25, -0.2) is 4.39 Å². The SMILES string of the molecule is CC(N)C(O)c1cc(O)c(Cl)c(F)c1. The maximum Gasteiger partial charge on any atom is 0.145 e. The van der Waals surface area contributed by atoms with E-state index in [1.165, 1.54) is 6.07 Å². The summed E-state index contributed by atoms with van der Waals surface area (Å²) in [6, 6.07) is 1.70. The van der Waals surface area contributed by atoms with Crippen molar-refractivity contribution in [3.8, 4) is 5.75 Å². The lowest BCUT2D eigenvalue weighted by molar-refractivity contribution is 0.152. The van der Waals surface area contributed by atoms with Gasteiger partial charge in [0.1, 0.15) is 16.6 Å². The number of phenolic OH excluding ortho intramolecular Hbond substituents is 1. The highest BCUT2D eigenvalue weighted by molar-refractivity contribution is 6.32. The molecule has 0 fully saturated rings. The van der Waals surface area contributed by atoms with Gasteiger partial charge in [0.15, 0.2) is 0 Å². The van der Waals surface area contributed by atoms with Crippen molar-refractivity contribution in [1.82, 2.24) is 0 Å². The summed E-state index contributed by atoms with van der Waals surface area (Å²) in [4.78, 5) is 0. The first kappa shape index (κ1) is 11.2. The molecule has 14 heavy (non-hydrogen) atoms. The van der Waals surface area contributed by atoms with Crippen LogP contribution >= 0.6 is 11.6 Å². The van der Waals surface area contributed by atoms with Crippen LogP contribution in [0.2, 0.25) is 5.02 Å². The summed E-state index contributed by atoms with van der Waals surface area (Å²) in [7, 11) is 0. The summed E-state index contributed by atoms with van der Waals surface area (Å²) in [5.74, 6) is -1.18. The van der Waals surface area contributed by atoms with Crippen molar-refractivity contribution in [2.75, 3.05) is 0 Å². The third-order valence-corrected chi connectivity index (χ3v) is 2.25. The molecule has 5 heteroatoms. The Bertz CT molecular complexity index is 321. The van der Waals surface area contributed by atoms with Gasteiger partial charge in [-0.1, -0.05) is 11.6 Å². The Morgan fingerprint density at radius 3 is 2.50 bits per heavy atom. The molecule has 1 aromatic rings. The van der Waals surface area contributed by atoms with E-state index in [1.807, 2.05) is 0 Å². The smallest absolute Gasteiger partial charge is 0.145 e. The second-order valence-corrected chi connectivity index (χ2v) is 3.52. The first-order chi connectivity index (χ1) is 6.43. The van der Waals surface area contributed by atoms with Crippen LogP contribution in [0.4, 0.5) is 4.39 Å². The van der Waals surface area contributed by atoms with Crippen LogP contribution in [0, 0.1) is 5.82 Å². The predicted octanol–water partition coefficient (Wildman–Crippen LogP) is 1.57. The second-order valence-electron chi connectivity index (χ2n) is 3.14. The van der Waals surface area contributed by atoms with Crippen LogP contribution in [-0.2, 0) is 0 Å². The molecule has 78 valence electrons. The number of halogens is 2. The molecule has 0 aliphatic rings. The Morgan fingerprint density at radius 1 is 1.50 bits per heavy atom. The van der Waals surface area contributed by atoms with Gasteiger partial charge in [-0.15, -0.1) is 0 Å². The molecule has 0 radical (unpaired) electrons. The van der Waals surface area contributed by atoms with E-state index < -0.39 is 23.7 Å². The number of aliphatic hydroxyl groups excluding tert-OH is 1. The fourth-order valence-electron chi connectivity index (χ4n) is 1.07. The van der Waals surface area contributed by atoms with E-state index in [2.05, 4.69) is 0 Å². The number of aliphatic hydroxyl groups is 1. The van der Waals surface area contributed by atoms with Gasteiger partial charge >= 0.3 is 0 Å². The topological polar surface area (TPSA) is 66.5 Å². The van der Waals surface area contributed by atoms with Gasteiger partial charge in [0.05, 0.1) is 6.10 Å². The number of benzene rings is 1. The van der Waals surface area contributed by atoms with Gasteiger partial charge < -0.3 is 15.9 Å². The lowest BCUT2D eigenvalue weighted by Gasteiger charge is -2.15. The zero-order valence-corrected chi connectivity index (χ0v) is 8.29. The van der Waals surface area contributed by atoms with Gasteiger partial charge in [-0.2, -0.15) is 0 Å². The fraction of sp³-hybridized carbons (Fsp3) is 0.333. The summed E-state index contributed by atoms with van der Waals surface area (Å²) in [6.45, 7) is 1.58. The highest BCUT2D eigenvalue weighted by atomic mass is 35.5. The molecule has 0 bridgehead atoms. The number of phenols is 1. The molecule has 0 aliphatic carbocycles. The molecular formula is C9H11ClFNO2. The molecule has 0 saturated carbocycles. The minimum absolute atomic E-state index is 0.208.